The molecule has 2 heteroatoms. The van der Waals surface area contributed by atoms with Gasteiger partial charge in [0.1, 0.15) is 5.78 Å². The molecule has 2 aliphatic rings. The van der Waals surface area contributed by atoms with Gasteiger partial charge in [-0.3, -0.25) is 4.79 Å². The predicted molar refractivity (Wildman–Crippen MR) is 50.3 cm³/mol. The van der Waals surface area contributed by atoms with Crippen molar-refractivity contribution >= 4 is 5.78 Å². The minimum Gasteiger partial charge on any atom is -0.392 e. The second-order valence-electron chi connectivity index (χ2n) is 4.74. The van der Waals surface area contributed by atoms with Crippen LogP contribution in [0.5, 0.6) is 0 Å². The Hall–Kier alpha value is -0.370. The van der Waals surface area contributed by atoms with Gasteiger partial charge in [0.05, 0.1) is 11.5 Å². The Morgan fingerprint density at radius 3 is 2.69 bits per heavy atom. The number of carbonyl (C=O) groups is 1. The monoisotopic (exact) mass is 182 g/mol. The van der Waals surface area contributed by atoms with Gasteiger partial charge in [0.25, 0.3) is 0 Å². The fraction of sp³-hybridized carbons (Fsp3) is 0.909. The highest BCUT2D eigenvalue weighted by Crippen LogP contribution is 2.47. The average Bonchev–Trinajstić information content (AvgIpc) is 2.10. The van der Waals surface area contributed by atoms with Crippen LogP contribution in [0.4, 0.5) is 0 Å². The molecule has 3 atom stereocenters. The first-order valence-corrected chi connectivity index (χ1v) is 5.37. The van der Waals surface area contributed by atoms with Crippen molar-refractivity contribution in [1.82, 2.24) is 0 Å². The van der Waals surface area contributed by atoms with Crippen LogP contribution >= 0.6 is 0 Å². The van der Waals surface area contributed by atoms with Gasteiger partial charge in [-0.05, 0) is 38.5 Å². The zero-order valence-corrected chi connectivity index (χ0v) is 8.25. The first-order valence-electron chi connectivity index (χ1n) is 5.37. The van der Waals surface area contributed by atoms with E-state index in [0.717, 1.165) is 32.1 Å². The summed E-state index contributed by atoms with van der Waals surface area (Å²) in [6.45, 7) is 1.98. The van der Waals surface area contributed by atoms with Gasteiger partial charge in [0, 0.05) is 6.42 Å². The molecule has 0 heterocycles. The van der Waals surface area contributed by atoms with Crippen molar-refractivity contribution in [3.05, 3.63) is 0 Å². The van der Waals surface area contributed by atoms with E-state index in [-0.39, 0.29) is 6.10 Å². The van der Waals surface area contributed by atoms with E-state index in [1.807, 2.05) is 6.92 Å². The number of Topliss-reactive ketones (excluding diaryl/α,β-unsaturated/α-hetero) is 1. The molecule has 0 radical (unpaired) electrons. The smallest absolute Gasteiger partial charge is 0.141 e. The molecule has 1 N–H and O–H groups in total. The number of carbonyl (C=O) groups excluding carboxylic acids is 1. The van der Waals surface area contributed by atoms with E-state index in [2.05, 4.69) is 0 Å². The number of hydrogen-bond acceptors (Lipinski definition) is 2. The van der Waals surface area contributed by atoms with Gasteiger partial charge in [0.15, 0.2) is 0 Å². The highest BCUT2D eigenvalue weighted by Gasteiger charge is 2.49. The molecule has 0 aliphatic heterocycles. The molecule has 0 aromatic heterocycles. The molecule has 13 heavy (non-hydrogen) atoms. The lowest BCUT2D eigenvalue weighted by Crippen LogP contribution is -2.50. The minimum absolute atomic E-state index is 0.302. The van der Waals surface area contributed by atoms with Gasteiger partial charge in [0.2, 0.25) is 0 Å². The molecular formula is C11H18O2. The van der Waals surface area contributed by atoms with Crippen LogP contribution in [0.3, 0.4) is 0 Å². The maximum atomic E-state index is 11.8. The fourth-order valence-corrected chi connectivity index (χ4v) is 3.07. The van der Waals surface area contributed by atoms with Crippen molar-refractivity contribution in [1.29, 1.82) is 0 Å². The van der Waals surface area contributed by atoms with Crippen molar-refractivity contribution in [2.24, 2.45) is 11.3 Å². The summed E-state index contributed by atoms with van der Waals surface area (Å²) in [5.74, 6) is 0.758. The van der Waals surface area contributed by atoms with Crippen LogP contribution in [-0.4, -0.2) is 17.0 Å². The molecule has 2 aliphatic carbocycles. The Labute approximate surface area is 79.3 Å². The fourth-order valence-electron chi connectivity index (χ4n) is 3.07. The molecule has 74 valence electrons. The van der Waals surface area contributed by atoms with E-state index in [9.17, 15) is 9.90 Å². The van der Waals surface area contributed by atoms with Crippen molar-refractivity contribution < 1.29 is 9.90 Å². The highest BCUT2D eigenvalue weighted by atomic mass is 16.3. The molecule has 0 spiro atoms. The van der Waals surface area contributed by atoms with E-state index >= 15 is 0 Å². The summed E-state index contributed by atoms with van der Waals surface area (Å²) in [6, 6.07) is 0. The molecule has 2 nitrogen and oxygen atoms in total. The van der Waals surface area contributed by atoms with Crippen LogP contribution in [0.15, 0.2) is 0 Å². The van der Waals surface area contributed by atoms with Crippen LogP contribution in [0, 0.1) is 11.3 Å². The molecular weight excluding hydrogens is 164 g/mol. The van der Waals surface area contributed by atoms with Gasteiger partial charge in [-0.25, -0.2) is 0 Å². The molecule has 0 bridgehead atoms. The Morgan fingerprint density at radius 1 is 1.31 bits per heavy atom. The lowest BCUT2D eigenvalue weighted by atomic mass is 9.58. The summed E-state index contributed by atoms with van der Waals surface area (Å²) in [4.78, 5) is 11.8. The largest absolute Gasteiger partial charge is 0.392 e. The maximum absolute atomic E-state index is 11.8. The third-order valence-electron chi connectivity index (χ3n) is 4.13. The first kappa shape index (κ1) is 9.20. The van der Waals surface area contributed by atoms with Gasteiger partial charge < -0.3 is 5.11 Å². The zero-order chi connectivity index (χ0) is 9.47. The van der Waals surface area contributed by atoms with Crippen molar-refractivity contribution in [2.75, 3.05) is 0 Å². The lowest BCUT2D eigenvalue weighted by molar-refractivity contribution is -0.148. The summed E-state index contributed by atoms with van der Waals surface area (Å²) >= 11 is 0. The third-order valence-corrected chi connectivity index (χ3v) is 4.13. The molecule has 0 aromatic carbocycles. The quantitative estimate of drug-likeness (QED) is 0.621. The number of hydrogen-bond donors (Lipinski definition) is 1. The maximum Gasteiger partial charge on any atom is 0.141 e. The Balaban J connectivity index is 2.27. The zero-order valence-electron chi connectivity index (χ0n) is 8.25. The number of fused-ring (bicyclic) bond motifs is 1. The molecule has 0 aromatic rings. The van der Waals surface area contributed by atoms with E-state index in [0.29, 0.717) is 18.1 Å². The normalized spacial score (nSPS) is 45.8. The van der Waals surface area contributed by atoms with Gasteiger partial charge >= 0.3 is 0 Å². The van der Waals surface area contributed by atoms with E-state index in [1.165, 1.54) is 0 Å². The molecule has 1 unspecified atom stereocenters. The van der Waals surface area contributed by atoms with Crippen LogP contribution in [-0.2, 0) is 4.79 Å². The van der Waals surface area contributed by atoms with Crippen molar-refractivity contribution in [3.8, 4) is 0 Å². The lowest BCUT2D eigenvalue weighted by Gasteiger charge is -2.46. The highest BCUT2D eigenvalue weighted by molar-refractivity contribution is 5.86. The van der Waals surface area contributed by atoms with E-state index < -0.39 is 5.41 Å². The van der Waals surface area contributed by atoms with Crippen LogP contribution in [0.2, 0.25) is 0 Å². The van der Waals surface area contributed by atoms with Crippen LogP contribution in [0.1, 0.15) is 45.4 Å². The standard InChI is InChI=1S/C11H18O2/c1-11-8(4-2-6-9(11)12)5-3-7-10(11)13/h8-9,12H,2-7H2,1H3/t8-,9?,11-/m0/s1. The van der Waals surface area contributed by atoms with Crippen LogP contribution in [0.25, 0.3) is 0 Å². The molecule has 2 rings (SSSR count). The van der Waals surface area contributed by atoms with E-state index in [4.69, 9.17) is 0 Å². The van der Waals surface area contributed by atoms with Crippen molar-refractivity contribution in [2.45, 2.75) is 51.6 Å². The Bertz CT molecular complexity index is 222. The Morgan fingerprint density at radius 2 is 2.00 bits per heavy atom. The first-order chi connectivity index (χ1) is 6.15. The SMILES string of the molecule is C[C@]12C(=O)CCC[C@@H]1CCCC2O. The van der Waals surface area contributed by atoms with Crippen LogP contribution < -0.4 is 0 Å². The average molecular weight is 182 g/mol. The predicted octanol–water partition coefficient (Wildman–Crippen LogP) is 1.91. The second-order valence-corrected chi connectivity index (χ2v) is 4.74. The second kappa shape index (κ2) is 3.09. The van der Waals surface area contributed by atoms with Crippen molar-refractivity contribution in [3.63, 3.8) is 0 Å². The number of rotatable bonds is 0. The number of ketones is 1. The molecule has 0 amide bonds. The van der Waals surface area contributed by atoms with Gasteiger partial charge in [-0.15, -0.1) is 0 Å². The summed E-state index contributed by atoms with van der Waals surface area (Å²) in [5.41, 5.74) is -0.392. The summed E-state index contributed by atoms with van der Waals surface area (Å²) in [7, 11) is 0. The summed E-state index contributed by atoms with van der Waals surface area (Å²) < 4.78 is 0. The number of aliphatic hydroxyl groups is 1. The molecule has 2 fully saturated rings. The molecule has 2 saturated carbocycles. The van der Waals surface area contributed by atoms with Gasteiger partial charge in [-0.1, -0.05) is 6.42 Å². The topological polar surface area (TPSA) is 37.3 Å². The third kappa shape index (κ3) is 1.23. The van der Waals surface area contributed by atoms with Gasteiger partial charge in [-0.2, -0.15) is 0 Å². The molecule has 0 saturated heterocycles. The minimum atomic E-state index is -0.392. The summed E-state index contributed by atoms with van der Waals surface area (Å²) in [5, 5.41) is 9.91. The van der Waals surface area contributed by atoms with E-state index in [1.54, 1.807) is 0 Å². The number of aliphatic hydroxyl groups excluding tert-OH is 1. The summed E-state index contributed by atoms with van der Waals surface area (Å²) in [6.07, 6.45) is 5.53. The Kier molecular flexibility index (Phi) is 2.18.